The molecule has 0 saturated carbocycles. The SMILES string of the molecule is CCCNCCCCCCc1cc(Cl)c(OCC)cc1Cl. The van der Waals surface area contributed by atoms with Crippen molar-refractivity contribution >= 4 is 23.2 Å². The highest BCUT2D eigenvalue weighted by Gasteiger charge is 2.08. The molecule has 21 heavy (non-hydrogen) atoms. The van der Waals surface area contributed by atoms with Gasteiger partial charge in [-0.2, -0.15) is 0 Å². The monoisotopic (exact) mass is 331 g/mol. The summed E-state index contributed by atoms with van der Waals surface area (Å²) in [6, 6.07) is 3.77. The Morgan fingerprint density at radius 1 is 0.952 bits per heavy atom. The van der Waals surface area contributed by atoms with E-state index in [1.807, 2.05) is 19.1 Å². The zero-order chi connectivity index (χ0) is 15.5. The molecule has 2 nitrogen and oxygen atoms in total. The van der Waals surface area contributed by atoms with Gasteiger partial charge in [-0.1, -0.05) is 43.0 Å². The first-order valence-corrected chi connectivity index (χ1v) is 8.76. The second-order valence-electron chi connectivity index (χ2n) is 5.22. The number of hydrogen-bond donors (Lipinski definition) is 1. The molecular weight excluding hydrogens is 305 g/mol. The fourth-order valence-corrected chi connectivity index (χ4v) is 2.74. The Morgan fingerprint density at radius 2 is 1.71 bits per heavy atom. The van der Waals surface area contributed by atoms with Gasteiger partial charge in [-0.05, 0) is 57.3 Å². The van der Waals surface area contributed by atoms with Crippen LogP contribution < -0.4 is 10.1 Å². The van der Waals surface area contributed by atoms with Crippen LogP contribution in [0.4, 0.5) is 0 Å². The maximum atomic E-state index is 6.29. The minimum Gasteiger partial charge on any atom is -0.492 e. The molecule has 1 aromatic carbocycles. The van der Waals surface area contributed by atoms with Crippen LogP contribution in [0.3, 0.4) is 0 Å². The Labute approximate surface area is 139 Å². The van der Waals surface area contributed by atoms with Gasteiger partial charge in [-0.15, -0.1) is 0 Å². The topological polar surface area (TPSA) is 21.3 Å². The molecule has 0 radical (unpaired) electrons. The van der Waals surface area contributed by atoms with E-state index in [1.165, 1.54) is 25.7 Å². The molecule has 0 amide bonds. The van der Waals surface area contributed by atoms with E-state index < -0.39 is 0 Å². The van der Waals surface area contributed by atoms with Crippen LogP contribution in [0.2, 0.25) is 10.0 Å². The molecule has 0 heterocycles. The van der Waals surface area contributed by atoms with E-state index >= 15 is 0 Å². The average molecular weight is 332 g/mol. The molecule has 0 aliphatic heterocycles. The summed E-state index contributed by atoms with van der Waals surface area (Å²) in [7, 11) is 0. The Bertz CT molecular complexity index is 410. The second kappa shape index (κ2) is 11.2. The number of benzene rings is 1. The molecule has 4 heteroatoms. The summed E-state index contributed by atoms with van der Waals surface area (Å²) in [5, 5.41) is 4.84. The molecule has 0 unspecified atom stereocenters. The van der Waals surface area contributed by atoms with Crippen molar-refractivity contribution in [1.82, 2.24) is 5.32 Å². The van der Waals surface area contributed by atoms with Gasteiger partial charge in [-0.3, -0.25) is 0 Å². The number of ether oxygens (including phenoxy) is 1. The van der Waals surface area contributed by atoms with E-state index in [0.717, 1.165) is 36.5 Å². The van der Waals surface area contributed by atoms with Gasteiger partial charge >= 0.3 is 0 Å². The highest BCUT2D eigenvalue weighted by molar-refractivity contribution is 6.34. The summed E-state index contributed by atoms with van der Waals surface area (Å²) in [5.41, 5.74) is 1.12. The molecule has 0 aromatic heterocycles. The predicted octanol–water partition coefficient (Wildman–Crippen LogP) is 5.49. The number of rotatable bonds is 11. The second-order valence-corrected chi connectivity index (χ2v) is 6.04. The number of unbranched alkanes of at least 4 members (excludes halogenated alkanes) is 3. The summed E-state index contributed by atoms with van der Waals surface area (Å²) >= 11 is 12.5. The molecule has 120 valence electrons. The van der Waals surface area contributed by atoms with Crippen molar-refractivity contribution in [2.45, 2.75) is 52.4 Å². The lowest BCUT2D eigenvalue weighted by Gasteiger charge is -2.10. The molecule has 0 spiro atoms. The Balaban J connectivity index is 2.27. The van der Waals surface area contributed by atoms with Crippen LogP contribution in [-0.2, 0) is 6.42 Å². The minimum absolute atomic E-state index is 0.599. The summed E-state index contributed by atoms with van der Waals surface area (Å²) in [6.07, 6.45) is 7.08. The number of aryl methyl sites for hydroxylation is 1. The number of nitrogens with one attached hydrogen (secondary N) is 1. The largest absolute Gasteiger partial charge is 0.492 e. The molecule has 0 bridgehead atoms. The molecule has 0 atom stereocenters. The van der Waals surface area contributed by atoms with Gasteiger partial charge in [0.25, 0.3) is 0 Å². The highest BCUT2D eigenvalue weighted by Crippen LogP contribution is 2.32. The van der Waals surface area contributed by atoms with Crippen LogP contribution in [0.5, 0.6) is 5.75 Å². The van der Waals surface area contributed by atoms with Crippen molar-refractivity contribution in [2.75, 3.05) is 19.7 Å². The lowest BCUT2D eigenvalue weighted by molar-refractivity contribution is 0.340. The Kier molecular flexibility index (Phi) is 9.90. The molecule has 0 saturated heterocycles. The van der Waals surface area contributed by atoms with E-state index in [0.29, 0.717) is 17.4 Å². The standard InChI is InChI=1S/C17H27Cl2NO/c1-3-10-20-11-8-6-5-7-9-14-12-16(19)17(21-4-2)13-15(14)18/h12-13,20H,3-11H2,1-2H3. The predicted molar refractivity (Wildman–Crippen MR) is 93.0 cm³/mol. The van der Waals surface area contributed by atoms with E-state index in [4.69, 9.17) is 27.9 Å². The first-order chi connectivity index (χ1) is 10.2. The normalized spacial score (nSPS) is 10.9. The van der Waals surface area contributed by atoms with Crippen LogP contribution >= 0.6 is 23.2 Å². The Hall–Kier alpha value is -0.440. The van der Waals surface area contributed by atoms with Gasteiger partial charge in [0.1, 0.15) is 5.75 Å². The first kappa shape index (κ1) is 18.6. The van der Waals surface area contributed by atoms with E-state index in [1.54, 1.807) is 0 Å². The van der Waals surface area contributed by atoms with Crippen molar-refractivity contribution in [3.8, 4) is 5.75 Å². The third kappa shape index (κ3) is 7.39. The fourth-order valence-electron chi connectivity index (χ4n) is 2.25. The van der Waals surface area contributed by atoms with Crippen LogP contribution in [0.15, 0.2) is 12.1 Å². The fraction of sp³-hybridized carbons (Fsp3) is 0.647. The van der Waals surface area contributed by atoms with Gasteiger partial charge in [0.2, 0.25) is 0 Å². The highest BCUT2D eigenvalue weighted by atomic mass is 35.5. The van der Waals surface area contributed by atoms with Crippen molar-refractivity contribution in [3.05, 3.63) is 27.7 Å². The molecule has 1 aromatic rings. The molecule has 0 fully saturated rings. The van der Waals surface area contributed by atoms with Crippen LogP contribution in [0, 0.1) is 0 Å². The summed E-state index contributed by atoms with van der Waals surface area (Å²) in [5.74, 6) is 0.676. The first-order valence-electron chi connectivity index (χ1n) is 8.00. The molecule has 1 rings (SSSR count). The maximum Gasteiger partial charge on any atom is 0.139 e. The quantitative estimate of drug-likeness (QED) is 0.541. The molecular formula is C17H27Cl2NO. The van der Waals surface area contributed by atoms with Crippen molar-refractivity contribution in [2.24, 2.45) is 0 Å². The third-order valence-corrected chi connectivity index (χ3v) is 4.02. The van der Waals surface area contributed by atoms with E-state index in [9.17, 15) is 0 Å². The zero-order valence-corrected chi connectivity index (χ0v) is 14.7. The molecule has 0 aliphatic carbocycles. The Morgan fingerprint density at radius 3 is 2.43 bits per heavy atom. The van der Waals surface area contributed by atoms with Crippen molar-refractivity contribution in [3.63, 3.8) is 0 Å². The number of halogens is 2. The van der Waals surface area contributed by atoms with Gasteiger partial charge in [-0.25, -0.2) is 0 Å². The van der Waals surface area contributed by atoms with Crippen molar-refractivity contribution < 1.29 is 4.74 Å². The van der Waals surface area contributed by atoms with Crippen molar-refractivity contribution in [1.29, 1.82) is 0 Å². The average Bonchev–Trinajstić information content (AvgIpc) is 2.46. The van der Waals surface area contributed by atoms with Gasteiger partial charge in [0.15, 0.2) is 0 Å². The number of hydrogen-bond acceptors (Lipinski definition) is 2. The third-order valence-electron chi connectivity index (χ3n) is 3.38. The lowest BCUT2D eigenvalue weighted by atomic mass is 10.1. The van der Waals surface area contributed by atoms with Gasteiger partial charge in [0, 0.05) is 11.1 Å². The van der Waals surface area contributed by atoms with Crippen LogP contribution in [0.1, 0.15) is 51.5 Å². The summed E-state index contributed by atoms with van der Waals surface area (Å²) in [4.78, 5) is 0. The van der Waals surface area contributed by atoms with Gasteiger partial charge in [0.05, 0.1) is 11.6 Å². The van der Waals surface area contributed by atoms with E-state index in [2.05, 4.69) is 12.2 Å². The summed E-state index contributed by atoms with van der Waals surface area (Å²) in [6.45, 7) is 6.98. The molecule has 1 N–H and O–H groups in total. The maximum absolute atomic E-state index is 6.29. The lowest BCUT2D eigenvalue weighted by Crippen LogP contribution is -2.15. The minimum atomic E-state index is 0.599. The molecule has 0 aliphatic rings. The smallest absolute Gasteiger partial charge is 0.139 e. The summed E-state index contributed by atoms with van der Waals surface area (Å²) < 4.78 is 5.44. The van der Waals surface area contributed by atoms with E-state index in [-0.39, 0.29) is 0 Å². The van der Waals surface area contributed by atoms with Crippen LogP contribution in [0.25, 0.3) is 0 Å². The van der Waals surface area contributed by atoms with Crippen LogP contribution in [-0.4, -0.2) is 19.7 Å². The zero-order valence-electron chi connectivity index (χ0n) is 13.2. The van der Waals surface area contributed by atoms with Gasteiger partial charge < -0.3 is 10.1 Å².